The minimum atomic E-state index is -1.10. The summed E-state index contributed by atoms with van der Waals surface area (Å²) in [6, 6.07) is -0.436. The molecule has 0 aromatic rings. The highest BCUT2D eigenvalue weighted by molar-refractivity contribution is 5.03. The number of hydrogen-bond acceptors (Lipinski definition) is 5. The number of piperidine rings is 1. The van der Waals surface area contributed by atoms with Crippen LogP contribution in [0.2, 0.25) is 0 Å². The van der Waals surface area contributed by atoms with Gasteiger partial charge >= 0.3 is 0 Å². The first-order valence-electron chi connectivity index (χ1n) is 5.00. The molecule has 0 bridgehead atoms. The average molecular weight is 203 g/mol. The molecule has 0 aromatic carbocycles. The zero-order valence-corrected chi connectivity index (χ0v) is 8.11. The van der Waals surface area contributed by atoms with E-state index in [2.05, 4.69) is 0 Å². The van der Waals surface area contributed by atoms with Gasteiger partial charge in [-0.1, -0.05) is 0 Å². The minimum absolute atomic E-state index is 0.212. The van der Waals surface area contributed by atoms with Crippen molar-refractivity contribution in [2.45, 2.75) is 49.8 Å². The van der Waals surface area contributed by atoms with Gasteiger partial charge < -0.3 is 20.4 Å². The third kappa shape index (κ3) is 1.36. The van der Waals surface area contributed by atoms with E-state index in [4.69, 9.17) is 0 Å². The molecular weight excluding hydrogens is 186 g/mol. The van der Waals surface area contributed by atoms with Gasteiger partial charge in [0.15, 0.2) is 0 Å². The van der Waals surface area contributed by atoms with Gasteiger partial charge in [0.2, 0.25) is 0 Å². The lowest BCUT2D eigenvalue weighted by Crippen LogP contribution is -2.63. The standard InChI is InChI=1S/C9H17NO4/c1-4-7(12)9(14)8(13)6-2-5(11)3-10(4)6/h4-9,11-14H,2-3H2,1H3/t4-,5-,6-,7+,8+,9+/m0/s1. The molecule has 2 aliphatic heterocycles. The number of fused-ring (bicyclic) bond motifs is 1. The Labute approximate surface area is 82.6 Å². The highest BCUT2D eigenvalue weighted by Gasteiger charge is 2.49. The normalized spacial score (nSPS) is 54.6. The molecule has 0 aliphatic carbocycles. The molecule has 82 valence electrons. The van der Waals surface area contributed by atoms with E-state index >= 15 is 0 Å². The Kier molecular flexibility index (Phi) is 2.53. The molecule has 2 fully saturated rings. The maximum absolute atomic E-state index is 9.69. The maximum Gasteiger partial charge on any atom is 0.109 e. The van der Waals surface area contributed by atoms with Crippen molar-refractivity contribution >= 4 is 0 Å². The number of nitrogens with zero attached hydrogens (tertiary/aromatic N) is 1. The average Bonchev–Trinajstić information content (AvgIpc) is 2.54. The topological polar surface area (TPSA) is 84.2 Å². The van der Waals surface area contributed by atoms with Crippen molar-refractivity contribution in [3.63, 3.8) is 0 Å². The highest BCUT2D eigenvalue weighted by Crippen LogP contribution is 2.31. The molecule has 0 spiro atoms. The molecule has 5 nitrogen and oxygen atoms in total. The lowest BCUT2D eigenvalue weighted by Gasteiger charge is -2.44. The number of aliphatic hydroxyl groups is 4. The van der Waals surface area contributed by atoms with Crippen LogP contribution in [-0.4, -0.2) is 68.4 Å². The summed E-state index contributed by atoms with van der Waals surface area (Å²) >= 11 is 0. The molecule has 4 N–H and O–H groups in total. The van der Waals surface area contributed by atoms with E-state index in [-0.39, 0.29) is 12.1 Å². The van der Waals surface area contributed by atoms with Crippen LogP contribution in [0.3, 0.4) is 0 Å². The van der Waals surface area contributed by atoms with Crippen molar-refractivity contribution in [1.29, 1.82) is 0 Å². The van der Waals surface area contributed by atoms with E-state index in [1.807, 2.05) is 4.90 Å². The molecule has 14 heavy (non-hydrogen) atoms. The van der Waals surface area contributed by atoms with Crippen LogP contribution in [0.4, 0.5) is 0 Å². The first-order valence-corrected chi connectivity index (χ1v) is 5.00. The molecule has 0 amide bonds. The molecule has 0 radical (unpaired) electrons. The highest BCUT2D eigenvalue weighted by atomic mass is 16.4. The van der Waals surface area contributed by atoms with E-state index in [0.29, 0.717) is 13.0 Å². The van der Waals surface area contributed by atoms with E-state index in [9.17, 15) is 20.4 Å². The molecular formula is C9H17NO4. The fraction of sp³-hybridized carbons (Fsp3) is 1.00. The summed E-state index contributed by atoms with van der Waals surface area (Å²) in [5.74, 6) is 0. The third-order valence-corrected chi connectivity index (χ3v) is 3.47. The Bertz CT molecular complexity index is 203. The summed E-state index contributed by atoms with van der Waals surface area (Å²) in [5.41, 5.74) is 0. The predicted octanol–water partition coefficient (Wildman–Crippen LogP) is -2.09. The van der Waals surface area contributed by atoms with Crippen LogP contribution in [0.5, 0.6) is 0 Å². The summed E-state index contributed by atoms with van der Waals surface area (Å²) in [4.78, 5) is 1.87. The van der Waals surface area contributed by atoms with Crippen LogP contribution in [-0.2, 0) is 0 Å². The van der Waals surface area contributed by atoms with Gasteiger partial charge in [0.25, 0.3) is 0 Å². The van der Waals surface area contributed by atoms with Crippen LogP contribution in [0.15, 0.2) is 0 Å². The monoisotopic (exact) mass is 203 g/mol. The molecule has 2 aliphatic rings. The lowest BCUT2D eigenvalue weighted by atomic mass is 9.89. The Hall–Kier alpha value is -0.200. The number of aliphatic hydroxyl groups excluding tert-OH is 4. The van der Waals surface area contributed by atoms with Gasteiger partial charge in [0.05, 0.1) is 18.3 Å². The van der Waals surface area contributed by atoms with Crippen LogP contribution in [0.1, 0.15) is 13.3 Å². The SMILES string of the molecule is C[C@H]1[C@@H](O)[C@@H](O)[C@H](O)[C@@H]2C[C@H](O)CN12. The summed E-state index contributed by atoms with van der Waals surface area (Å²) in [7, 11) is 0. The van der Waals surface area contributed by atoms with Crippen molar-refractivity contribution < 1.29 is 20.4 Å². The maximum atomic E-state index is 9.69. The summed E-state index contributed by atoms with van der Waals surface area (Å²) in [6.45, 7) is 2.26. The molecule has 0 unspecified atom stereocenters. The van der Waals surface area contributed by atoms with Gasteiger partial charge in [-0.3, -0.25) is 4.90 Å². The van der Waals surface area contributed by atoms with Crippen LogP contribution >= 0.6 is 0 Å². The lowest BCUT2D eigenvalue weighted by molar-refractivity contribution is -0.149. The molecule has 2 saturated heterocycles. The fourth-order valence-corrected chi connectivity index (χ4v) is 2.58. The van der Waals surface area contributed by atoms with Crippen LogP contribution in [0.25, 0.3) is 0 Å². The van der Waals surface area contributed by atoms with Gasteiger partial charge in [-0.2, -0.15) is 0 Å². The van der Waals surface area contributed by atoms with Crippen molar-refractivity contribution in [2.75, 3.05) is 6.54 Å². The van der Waals surface area contributed by atoms with Crippen molar-refractivity contribution in [3.05, 3.63) is 0 Å². The van der Waals surface area contributed by atoms with Crippen molar-refractivity contribution in [3.8, 4) is 0 Å². The van der Waals surface area contributed by atoms with Gasteiger partial charge in [-0.25, -0.2) is 0 Å². The smallest absolute Gasteiger partial charge is 0.109 e. The second-order valence-corrected chi connectivity index (χ2v) is 4.37. The molecule has 2 heterocycles. The zero-order valence-electron chi connectivity index (χ0n) is 8.11. The van der Waals surface area contributed by atoms with Crippen molar-refractivity contribution in [1.82, 2.24) is 4.90 Å². The van der Waals surface area contributed by atoms with Gasteiger partial charge in [0, 0.05) is 18.6 Å². The summed E-state index contributed by atoms with van der Waals surface area (Å²) < 4.78 is 0. The first-order chi connectivity index (χ1) is 6.52. The van der Waals surface area contributed by atoms with E-state index < -0.39 is 24.4 Å². The third-order valence-electron chi connectivity index (χ3n) is 3.47. The Morgan fingerprint density at radius 3 is 2.29 bits per heavy atom. The number of hydrogen-bond donors (Lipinski definition) is 4. The Balaban J connectivity index is 2.19. The Morgan fingerprint density at radius 1 is 1.00 bits per heavy atom. The predicted molar refractivity (Wildman–Crippen MR) is 48.6 cm³/mol. The molecule has 2 rings (SSSR count). The molecule has 5 heteroatoms. The number of rotatable bonds is 0. The first kappa shape index (κ1) is 10.3. The van der Waals surface area contributed by atoms with Gasteiger partial charge in [0.1, 0.15) is 6.10 Å². The largest absolute Gasteiger partial charge is 0.392 e. The summed E-state index contributed by atoms with van der Waals surface area (Å²) in [6.07, 6.45) is -2.99. The van der Waals surface area contributed by atoms with Gasteiger partial charge in [-0.15, -0.1) is 0 Å². The van der Waals surface area contributed by atoms with E-state index in [1.165, 1.54) is 0 Å². The van der Waals surface area contributed by atoms with E-state index in [1.54, 1.807) is 6.92 Å². The quantitative estimate of drug-likeness (QED) is 0.363. The second kappa shape index (κ2) is 3.43. The minimum Gasteiger partial charge on any atom is -0.392 e. The zero-order chi connectivity index (χ0) is 10.5. The van der Waals surface area contributed by atoms with E-state index in [0.717, 1.165) is 0 Å². The molecule has 6 atom stereocenters. The second-order valence-electron chi connectivity index (χ2n) is 4.37. The van der Waals surface area contributed by atoms with Gasteiger partial charge in [-0.05, 0) is 13.3 Å². The van der Waals surface area contributed by atoms with Crippen LogP contribution < -0.4 is 0 Å². The van der Waals surface area contributed by atoms with Crippen molar-refractivity contribution in [2.24, 2.45) is 0 Å². The Morgan fingerprint density at radius 2 is 1.64 bits per heavy atom. The molecule has 0 saturated carbocycles. The summed E-state index contributed by atoms with van der Waals surface area (Å²) in [5, 5.41) is 38.3. The fourth-order valence-electron chi connectivity index (χ4n) is 2.58. The molecule has 0 aromatic heterocycles. The van der Waals surface area contributed by atoms with Crippen LogP contribution in [0, 0.1) is 0 Å².